The molecule has 0 aromatic carbocycles. The van der Waals surface area contributed by atoms with E-state index < -0.39 is 16.6 Å². The monoisotopic (exact) mass is 876 g/mol. The summed E-state index contributed by atoms with van der Waals surface area (Å²) < 4.78 is 48.5. The van der Waals surface area contributed by atoms with E-state index in [-0.39, 0.29) is 5.41 Å². The van der Waals surface area contributed by atoms with Crippen molar-refractivity contribution in [2.75, 3.05) is 111 Å². The number of hydroxylamine groups is 2. The van der Waals surface area contributed by atoms with Gasteiger partial charge in [0.15, 0.2) is 16.6 Å². The van der Waals surface area contributed by atoms with E-state index >= 15 is 0 Å². The third kappa shape index (κ3) is 29.7. The fraction of sp³-hybridized carbons (Fsp3) is 1.00. The first kappa shape index (κ1) is 49.8. The van der Waals surface area contributed by atoms with Crippen molar-refractivity contribution in [2.24, 2.45) is 11.3 Å². The highest BCUT2D eigenvalue weighted by Gasteiger charge is 2.37. The molecule has 1 fully saturated rings. The van der Waals surface area contributed by atoms with Crippen molar-refractivity contribution in [1.82, 2.24) is 5.06 Å². The Hall–Kier alpha value is 0.764. The number of likely N-dealkylation sites (N-methyl/N-ethyl adjacent to an activating group) is 1. The van der Waals surface area contributed by atoms with Crippen molar-refractivity contribution in [3.63, 3.8) is 0 Å². The summed E-state index contributed by atoms with van der Waals surface area (Å²) in [6.07, 6.45) is 16.4. The van der Waals surface area contributed by atoms with Crippen molar-refractivity contribution >= 4 is 39.2 Å². The zero-order valence-corrected chi connectivity index (χ0v) is 37.9. The van der Waals surface area contributed by atoms with Crippen LogP contribution >= 0.6 is 22.6 Å². The van der Waals surface area contributed by atoms with Crippen LogP contribution < -0.4 is 0 Å². The molecule has 2 atom stereocenters. The molecule has 1 aliphatic rings. The summed E-state index contributed by atoms with van der Waals surface area (Å²) in [5.41, 5.74) is 0.200. The number of rotatable bonds is 28. The van der Waals surface area contributed by atoms with Crippen LogP contribution in [0, 0.1) is 16.5 Å². The van der Waals surface area contributed by atoms with E-state index in [1.165, 1.54) is 107 Å². The lowest BCUT2D eigenvalue weighted by atomic mass is 9.76. The predicted molar refractivity (Wildman–Crippen MR) is 223 cm³/mol. The number of ether oxygens (including phenoxy) is 7. The molecule has 0 bridgehead atoms. The van der Waals surface area contributed by atoms with Crippen LogP contribution in [0.15, 0.2) is 0 Å². The molecule has 0 aromatic heterocycles. The number of halogens is 1. The molecule has 0 amide bonds. The van der Waals surface area contributed by atoms with Crippen molar-refractivity contribution in [1.29, 1.82) is 0 Å². The number of hydrogen-bond donors (Lipinski definition) is 0. The summed E-state index contributed by atoms with van der Waals surface area (Å²) in [5, 5.41) is 11.9. The topological polar surface area (TPSA) is 100 Å². The first-order chi connectivity index (χ1) is 24.5. The first-order valence-electron chi connectivity index (χ1n) is 20.1. The Morgan fingerprint density at radius 2 is 1.24 bits per heavy atom. The quantitative estimate of drug-likeness (QED) is 0.0250. The van der Waals surface area contributed by atoms with E-state index in [1.807, 2.05) is 0 Å². The van der Waals surface area contributed by atoms with Gasteiger partial charge in [0.1, 0.15) is 0 Å². The zero-order valence-electron chi connectivity index (χ0n) is 33.8. The average molecular weight is 877 g/mol. The molecule has 1 saturated heterocycles. The van der Waals surface area contributed by atoms with Crippen LogP contribution in [0.5, 0.6) is 0 Å². The standard InChI is InChI=1S/C38H79INO9Si2/c1-40(41)21-22-43-25-26-46-30-32-48-36-38(18-13-9-10-14-20-39)17-12-8-7-11-15-37(16-33-50(3,4)49-51(5,6)34-19-38)35-47-31-29-45-28-27-44-24-23-42-2/h37H,7-36H2,1-6H3/q-1. The minimum Gasteiger partial charge on any atom is -0.785 e. The number of hydrogen-bond acceptors (Lipinski definition) is 10. The van der Waals surface area contributed by atoms with E-state index in [9.17, 15) is 5.21 Å². The Bertz CT molecular complexity index is 788. The summed E-state index contributed by atoms with van der Waals surface area (Å²) in [6.45, 7) is 18.1. The van der Waals surface area contributed by atoms with Gasteiger partial charge in [-0.25, -0.2) is 0 Å². The lowest BCUT2D eigenvalue weighted by Gasteiger charge is -2.39. The van der Waals surface area contributed by atoms with Crippen molar-refractivity contribution in [2.45, 2.75) is 122 Å². The molecular formula is C38H79INO9Si2-. The van der Waals surface area contributed by atoms with Gasteiger partial charge in [-0.1, -0.05) is 67.5 Å². The van der Waals surface area contributed by atoms with Gasteiger partial charge < -0.3 is 47.5 Å². The van der Waals surface area contributed by atoms with Gasteiger partial charge in [0.25, 0.3) is 0 Å². The number of unbranched alkanes of at least 4 members (excludes halogenated alkanes) is 3. The lowest BCUT2D eigenvalue weighted by molar-refractivity contribution is -0.0179. The van der Waals surface area contributed by atoms with Gasteiger partial charge in [-0.05, 0) is 99.6 Å². The maximum atomic E-state index is 11.0. The molecule has 0 radical (unpaired) electrons. The van der Waals surface area contributed by atoms with Gasteiger partial charge in [-0.2, -0.15) is 0 Å². The Balaban J connectivity index is 2.74. The molecule has 51 heavy (non-hydrogen) atoms. The maximum absolute atomic E-state index is 11.0. The van der Waals surface area contributed by atoms with Gasteiger partial charge in [0.2, 0.25) is 0 Å². The number of alkyl halides is 1. The largest absolute Gasteiger partial charge is 0.785 e. The number of methoxy groups -OCH3 is 1. The zero-order chi connectivity index (χ0) is 37.5. The highest BCUT2D eigenvalue weighted by molar-refractivity contribution is 14.1. The van der Waals surface area contributed by atoms with E-state index in [0.29, 0.717) is 85.1 Å². The third-order valence-corrected chi connectivity index (χ3v) is 18.0. The van der Waals surface area contributed by atoms with Gasteiger partial charge in [0, 0.05) is 20.3 Å². The van der Waals surface area contributed by atoms with Crippen LogP contribution in [0.3, 0.4) is 0 Å². The molecule has 10 nitrogen and oxygen atoms in total. The van der Waals surface area contributed by atoms with Crippen molar-refractivity contribution in [3.05, 3.63) is 5.21 Å². The predicted octanol–water partition coefficient (Wildman–Crippen LogP) is 8.71. The Kier molecular flexibility index (Phi) is 31.2. The minimum absolute atomic E-state index is 0.200. The molecule has 2 unspecified atom stereocenters. The van der Waals surface area contributed by atoms with Crippen LogP contribution in [0.25, 0.3) is 0 Å². The molecule has 1 aliphatic heterocycles. The van der Waals surface area contributed by atoms with Crippen molar-refractivity contribution in [3.8, 4) is 0 Å². The molecule has 0 saturated carbocycles. The van der Waals surface area contributed by atoms with E-state index in [2.05, 4.69) is 48.8 Å². The molecule has 1 rings (SSSR count). The van der Waals surface area contributed by atoms with Gasteiger partial charge in [-0.3, -0.25) is 0 Å². The van der Waals surface area contributed by atoms with Crippen LogP contribution in [0.2, 0.25) is 38.3 Å². The molecule has 0 aliphatic carbocycles. The fourth-order valence-electron chi connectivity index (χ4n) is 6.86. The third-order valence-electron chi connectivity index (χ3n) is 9.86. The Labute approximate surface area is 329 Å². The van der Waals surface area contributed by atoms with Crippen LogP contribution in [0.1, 0.15) is 83.5 Å². The SMILES string of the molecule is COCCOCCOCCOCC1CCCCCCC(CCCCCCI)(COCCOCCOCCN(C)[O-])CC[Si](C)(C)O[Si](C)(C)CC1. The number of nitrogens with zero attached hydrogens (tertiary/aromatic N) is 1. The smallest absolute Gasteiger partial charge is 0.173 e. The summed E-state index contributed by atoms with van der Waals surface area (Å²) in [5.74, 6) is 0.580. The normalized spacial score (nSPS) is 22.2. The van der Waals surface area contributed by atoms with E-state index in [0.717, 1.165) is 18.3 Å². The Morgan fingerprint density at radius 3 is 1.88 bits per heavy atom. The van der Waals surface area contributed by atoms with Gasteiger partial charge in [0.05, 0.1) is 79.3 Å². The average Bonchev–Trinajstić information content (AvgIpc) is 3.08. The fourth-order valence-corrected chi connectivity index (χ4v) is 16.4. The van der Waals surface area contributed by atoms with E-state index in [4.69, 9.17) is 37.3 Å². The molecule has 13 heteroatoms. The van der Waals surface area contributed by atoms with Crippen LogP contribution in [0.4, 0.5) is 0 Å². The summed E-state index contributed by atoms with van der Waals surface area (Å²) in [4.78, 5) is 0. The summed E-state index contributed by atoms with van der Waals surface area (Å²) >= 11 is 2.50. The highest BCUT2D eigenvalue weighted by Crippen LogP contribution is 2.40. The lowest BCUT2D eigenvalue weighted by Crippen LogP contribution is -2.45. The Morgan fingerprint density at radius 1 is 0.667 bits per heavy atom. The van der Waals surface area contributed by atoms with Crippen LogP contribution in [-0.2, 0) is 37.3 Å². The van der Waals surface area contributed by atoms with Gasteiger partial charge in [-0.15, -0.1) is 0 Å². The minimum atomic E-state index is -1.87. The maximum Gasteiger partial charge on any atom is 0.173 e. The molecule has 0 N–H and O–H groups in total. The first-order valence-corrected chi connectivity index (χ1v) is 27.9. The van der Waals surface area contributed by atoms with Gasteiger partial charge >= 0.3 is 0 Å². The van der Waals surface area contributed by atoms with E-state index in [1.54, 1.807) is 7.11 Å². The summed E-state index contributed by atoms with van der Waals surface area (Å²) in [6, 6.07) is 2.38. The highest BCUT2D eigenvalue weighted by atomic mass is 127. The molecule has 1 heterocycles. The molecular weight excluding hydrogens is 797 g/mol. The second-order valence-electron chi connectivity index (χ2n) is 15.8. The summed E-state index contributed by atoms with van der Waals surface area (Å²) in [7, 11) is -0.509. The second kappa shape index (κ2) is 31.9. The van der Waals surface area contributed by atoms with Crippen LogP contribution in [-0.4, -0.2) is 133 Å². The molecule has 0 spiro atoms. The second-order valence-corrected chi connectivity index (χ2v) is 25.7. The molecule has 0 aromatic rings. The molecule has 306 valence electrons. The van der Waals surface area contributed by atoms with Crippen molar-refractivity contribution < 1.29 is 37.3 Å².